The van der Waals surface area contributed by atoms with Crippen molar-refractivity contribution in [1.82, 2.24) is 0 Å². The van der Waals surface area contributed by atoms with E-state index in [4.69, 9.17) is 0 Å². The fourth-order valence-electron chi connectivity index (χ4n) is 11.2. The highest BCUT2D eigenvalue weighted by atomic mass is 15.1. The summed E-state index contributed by atoms with van der Waals surface area (Å²) in [5, 5.41) is 4.96. The SMILES string of the molecule is c1ccc(-c2ccc(-c3ccc(N(c4ccc(-c5cccc6c(-c7ccccc7)c(-c7ccccc7)c7ccccc7c56)cc4)c4c(-c5ccccc5)cccc4-c4ccccc4)cc3)cc2-c2ccccc2)cc1. The average molecular weight is 954 g/mol. The second kappa shape index (κ2) is 20.0. The van der Waals surface area contributed by atoms with Crippen LogP contribution < -0.4 is 4.90 Å². The molecular weight excluding hydrogens is 903 g/mol. The Kier molecular flexibility index (Phi) is 12.0. The molecule has 1 heteroatoms. The first kappa shape index (κ1) is 45.1. The molecule has 0 aliphatic heterocycles. The summed E-state index contributed by atoms with van der Waals surface area (Å²) in [7, 11) is 0. The van der Waals surface area contributed by atoms with Crippen LogP contribution in [-0.4, -0.2) is 0 Å². The van der Waals surface area contributed by atoms with Gasteiger partial charge in [0.05, 0.1) is 5.69 Å². The Morgan fingerprint density at radius 3 is 1.04 bits per heavy atom. The van der Waals surface area contributed by atoms with E-state index in [9.17, 15) is 0 Å². The van der Waals surface area contributed by atoms with Crippen molar-refractivity contribution < 1.29 is 0 Å². The first-order chi connectivity index (χ1) is 37.2. The minimum Gasteiger partial charge on any atom is -0.309 e. The molecule has 0 atom stereocenters. The van der Waals surface area contributed by atoms with Gasteiger partial charge < -0.3 is 4.90 Å². The molecule has 0 unspecified atom stereocenters. The van der Waals surface area contributed by atoms with Gasteiger partial charge in [0.25, 0.3) is 0 Å². The molecule has 352 valence electrons. The largest absolute Gasteiger partial charge is 0.309 e. The van der Waals surface area contributed by atoms with Crippen molar-refractivity contribution in [3.05, 3.63) is 309 Å². The molecule has 0 radical (unpaired) electrons. The van der Waals surface area contributed by atoms with Gasteiger partial charge >= 0.3 is 0 Å². The highest BCUT2D eigenvalue weighted by Crippen LogP contribution is 2.50. The van der Waals surface area contributed by atoms with Crippen LogP contribution in [0.5, 0.6) is 0 Å². The van der Waals surface area contributed by atoms with Gasteiger partial charge in [-0.3, -0.25) is 0 Å². The van der Waals surface area contributed by atoms with Gasteiger partial charge in [-0.1, -0.05) is 279 Å². The third kappa shape index (κ3) is 8.57. The summed E-state index contributed by atoms with van der Waals surface area (Å²) in [6, 6.07) is 113. The van der Waals surface area contributed by atoms with E-state index in [0.29, 0.717) is 0 Å². The molecule has 0 amide bonds. The van der Waals surface area contributed by atoms with E-state index in [1.54, 1.807) is 0 Å². The molecule has 13 aromatic rings. The number of hydrogen-bond acceptors (Lipinski definition) is 1. The van der Waals surface area contributed by atoms with E-state index >= 15 is 0 Å². The van der Waals surface area contributed by atoms with Crippen LogP contribution in [0.2, 0.25) is 0 Å². The number of para-hydroxylation sites is 1. The number of rotatable bonds is 11. The summed E-state index contributed by atoms with van der Waals surface area (Å²) in [4.78, 5) is 2.46. The first-order valence-corrected chi connectivity index (χ1v) is 25.8. The van der Waals surface area contributed by atoms with Crippen LogP contribution in [0.4, 0.5) is 17.1 Å². The normalized spacial score (nSPS) is 11.2. The average Bonchev–Trinajstić information content (AvgIpc) is 3.50. The van der Waals surface area contributed by atoms with Gasteiger partial charge in [0, 0.05) is 22.5 Å². The molecule has 0 bridgehead atoms. The maximum absolute atomic E-state index is 2.46. The van der Waals surface area contributed by atoms with Crippen molar-refractivity contribution in [2.24, 2.45) is 0 Å². The van der Waals surface area contributed by atoms with Gasteiger partial charge in [0.15, 0.2) is 0 Å². The number of fused-ring (bicyclic) bond motifs is 3. The molecule has 0 heterocycles. The van der Waals surface area contributed by atoms with Gasteiger partial charge in [-0.25, -0.2) is 0 Å². The lowest BCUT2D eigenvalue weighted by atomic mass is 9.83. The predicted octanol–water partition coefficient (Wildman–Crippen LogP) is 20.8. The summed E-state index contributed by atoms with van der Waals surface area (Å²) < 4.78 is 0. The maximum atomic E-state index is 2.46. The summed E-state index contributed by atoms with van der Waals surface area (Å²) in [5.74, 6) is 0. The highest BCUT2D eigenvalue weighted by molar-refractivity contribution is 6.25. The highest BCUT2D eigenvalue weighted by Gasteiger charge is 2.24. The first-order valence-electron chi connectivity index (χ1n) is 25.8. The van der Waals surface area contributed by atoms with Crippen molar-refractivity contribution >= 4 is 38.6 Å². The standard InChI is InChI=1S/C74H51N/c1-7-23-53(24-8-1)63-50-45-60(51-70(63)56-29-13-4-14-30-56)52-41-46-61(47-42-52)75(74-65(54-25-9-2-10-26-54)38-22-39-66(74)55-27-11-3-12-28-55)62-48-43-57(44-49-62)64-37-21-40-69-72(59-33-17-6-18-34-59)71(58-31-15-5-16-32-58)67-35-19-20-36-68(67)73(64)69/h1-51H. The smallest absolute Gasteiger partial charge is 0.0618 e. The van der Waals surface area contributed by atoms with Crippen molar-refractivity contribution in [2.45, 2.75) is 0 Å². The second-order valence-electron chi connectivity index (χ2n) is 19.1. The zero-order chi connectivity index (χ0) is 49.9. The molecule has 0 fully saturated rings. The monoisotopic (exact) mass is 953 g/mol. The summed E-state index contributed by atoms with van der Waals surface area (Å²) >= 11 is 0. The molecule has 75 heavy (non-hydrogen) atoms. The van der Waals surface area contributed by atoms with Gasteiger partial charge in [0.1, 0.15) is 0 Å². The lowest BCUT2D eigenvalue weighted by molar-refractivity contribution is 1.28. The van der Waals surface area contributed by atoms with E-state index in [0.717, 1.165) is 50.4 Å². The zero-order valence-electron chi connectivity index (χ0n) is 41.4. The third-order valence-corrected chi connectivity index (χ3v) is 14.7. The molecule has 0 aromatic heterocycles. The van der Waals surface area contributed by atoms with Gasteiger partial charge in [0.2, 0.25) is 0 Å². The Balaban J connectivity index is 0.991. The van der Waals surface area contributed by atoms with Crippen LogP contribution in [0, 0.1) is 0 Å². The molecule has 0 saturated carbocycles. The van der Waals surface area contributed by atoms with Crippen molar-refractivity contribution in [3.8, 4) is 89.0 Å². The fourth-order valence-corrected chi connectivity index (χ4v) is 11.2. The van der Waals surface area contributed by atoms with E-state index < -0.39 is 0 Å². The lowest BCUT2D eigenvalue weighted by Gasteiger charge is -2.31. The molecule has 0 N–H and O–H groups in total. The molecule has 0 spiro atoms. The number of nitrogens with zero attached hydrogens (tertiary/aromatic N) is 1. The molecule has 13 aromatic carbocycles. The lowest BCUT2D eigenvalue weighted by Crippen LogP contribution is -2.12. The predicted molar refractivity (Wildman–Crippen MR) is 320 cm³/mol. The molecule has 1 nitrogen and oxygen atoms in total. The zero-order valence-corrected chi connectivity index (χ0v) is 41.4. The maximum Gasteiger partial charge on any atom is 0.0618 e. The minimum atomic E-state index is 1.06. The van der Waals surface area contributed by atoms with Crippen LogP contribution >= 0.6 is 0 Å². The molecule has 13 rings (SSSR count). The van der Waals surface area contributed by atoms with E-state index in [2.05, 4.69) is 314 Å². The van der Waals surface area contributed by atoms with Crippen LogP contribution in [-0.2, 0) is 0 Å². The van der Waals surface area contributed by atoms with E-state index in [-0.39, 0.29) is 0 Å². The summed E-state index contributed by atoms with van der Waals surface area (Å²) in [5.41, 5.74) is 22.3. The quantitative estimate of drug-likeness (QED) is 0.117. The molecule has 0 aliphatic rings. The Morgan fingerprint density at radius 2 is 0.533 bits per heavy atom. The van der Waals surface area contributed by atoms with Crippen molar-refractivity contribution in [1.29, 1.82) is 0 Å². The Labute approximate surface area is 439 Å². The third-order valence-electron chi connectivity index (χ3n) is 14.7. The van der Waals surface area contributed by atoms with Gasteiger partial charge in [-0.05, 0) is 130 Å². The number of benzene rings is 13. The van der Waals surface area contributed by atoms with Crippen molar-refractivity contribution in [2.75, 3.05) is 4.90 Å². The fraction of sp³-hybridized carbons (Fsp3) is 0. The number of anilines is 3. The van der Waals surface area contributed by atoms with Crippen LogP contribution in [0.1, 0.15) is 0 Å². The summed E-state index contributed by atoms with van der Waals surface area (Å²) in [6.45, 7) is 0. The molecular formula is C74H51N. The minimum absolute atomic E-state index is 1.06. The van der Waals surface area contributed by atoms with Gasteiger partial charge in [-0.15, -0.1) is 0 Å². The van der Waals surface area contributed by atoms with E-state index in [1.165, 1.54) is 77.2 Å². The van der Waals surface area contributed by atoms with Crippen LogP contribution in [0.3, 0.4) is 0 Å². The van der Waals surface area contributed by atoms with Gasteiger partial charge in [-0.2, -0.15) is 0 Å². The Hall–Kier alpha value is -9.82. The van der Waals surface area contributed by atoms with E-state index in [1.807, 2.05) is 0 Å². The topological polar surface area (TPSA) is 3.24 Å². The Bertz CT molecular complexity index is 4040. The van der Waals surface area contributed by atoms with Crippen molar-refractivity contribution in [3.63, 3.8) is 0 Å². The summed E-state index contributed by atoms with van der Waals surface area (Å²) in [6.07, 6.45) is 0. The molecule has 0 aliphatic carbocycles. The second-order valence-corrected chi connectivity index (χ2v) is 19.1. The van der Waals surface area contributed by atoms with Crippen LogP contribution in [0.15, 0.2) is 309 Å². The Morgan fingerprint density at radius 1 is 0.187 bits per heavy atom. The van der Waals surface area contributed by atoms with Crippen LogP contribution in [0.25, 0.3) is 111 Å². The molecule has 0 saturated heterocycles. The number of hydrogen-bond donors (Lipinski definition) is 0.